The molecule has 3 aromatic rings. The van der Waals surface area contributed by atoms with Gasteiger partial charge < -0.3 is 23.7 Å². The first kappa shape index (κ1) is 27.5. The average molecular weight is 660 g/mol. The van der Waals surface area contributed by atoms with Gasteiger partial charge in [0.25, 0.3) is 0 Å². The van der Waals surface area contributed by atoms with Gasteiger partial charge in [0.2, 0.25) is 18.6 Å². The van der Waals surface area contributed by atoms with Crippen LogP contribution in [-0.4, -0.2) is 43.1 Å². The Bertz CT molecular complexity index is 1310. The highest BCUT2D eigenvalue weighted by molar-refractivity contribution is 9.11. The number of ether oxygens (including phenoxy) is 5. The van der Waals surface area contributed by atoms with Crippen LogP contribution in [0, 0.1) is 11.3 Å². The minimum absolute atomic E-state index is 0.0177. The molecule has 2 aromatic carbocycles. The second-order valence-electron chi connectivity index (χ2n) is 6.38. The predicted molar refractivity (Wildman–Crippen MR) is 135 cm³/mol. The number of esters is 1. The van der Waals surface area contributed by atoms with Crippen LogP contribution in [0.4, 0.5) is 4.79 Å². The van der Waals surface area contributed by atoms with Crippen LogP contribution in [-0.2, 0) is 9.47 Å². The molecule has 0 aliphatic rings. The van der Waals surface area contributed by atoms with Gasteiger partial charge in [0.15, 0.2) is 10.9 Å². The molecule has 0 aliphatic carbocycles. The quantitative estimate of drug-likeness (QED) is 0.122. The van der Waals surface area contributed by atoms with E-state index < -0.39 is 18.9 Å². The lowest BCUT2D eigenvalue weighted by Crippen LogP contribution is -2.17. The van der Waals surface area contributed by atoms with E-state index in [-0.39, 0.29) is 33.3 Å². The molecule has 1 heterocycles. The molecule has 186 valence electrons. The fourth-order valence-corrected chi connectivity index (χ4v) is 5.13. The number of methoxy groups -OCH3 is 2. The summed E-state index contributed by atoms with van der Waals surface area (Å²) < 4.78 is 26.0. The third kappa shape index (κ3) is 7.01. The molecule has 0 fully saturated rings. The number of nitrogens with zero attached hydrogens (tertiary/aromatic N) is 3. The Kier molecular flexibility index (Phi) is 9.77. The predicted octanol–water partition coefficient (Wildman–Crippen LogP) is 6.02. The number of aromatic nitrogens is 2. The fraction of sp³-hybridized carbons (Fsp3) is 0.136. The summed E-state index contributed by atoms with van der Waals surface area (Å²) in [7, 11) is 2.89. The van der Waals surface area contributed by atoms with Crippen molar-refractivity contribution in [2.45, 2.75) is 10.1 Å². The van der Waals surface area contributed by atoms with E-state index in [9.17, 15) is 9.59 Å². The Morgan fingerprint density at radius 1 is 1.06 bits per heavy atom. The highest BCUT2D eigenvalue weighted by Crippen LogP contribution is 2.36. The summed E-state index contributed by atoms with van der Waals surface area (Å²) in [5.41, 5.74) is 0.360. The average Bonchev–Trinajstić information content (AvgIpc) is 2.85. The van der Waals surface area contributed by atoms with E-state index in [4.69, 9.17) is 40.5 Å². The van der Waals surface area contributed by atoms with E-state index in [1.165, 1.54) is 38.5 Å². The van der Waals surface area contributed by atoms with Gasteiger partial charge in [-0.15, -0.1) is 0 Å². The molecule has 0 spiro atoms. The zero-order valence-electron chi connectivity index (χ0n) is 18.4. The molecule has 0 atom stereocenters. The summed E-state index contributed by atoms with van der Waals surface area (Å²) in [6.07, 6.45) is -1.14. The lowest BCUT2D eigenvalue weighted by atomic mass is 10.2. The van der Waals surface area contributed by atoms with Crippen molar-refractivity contribution in [3.05, 3.63) is 61.5 Å². The van der Waals surface area contributed by atoms with Crippen molar-refractivity contribution in [1.82, 2.24) is 9.97 Å². The Morgan fingerprint density at radius 2 is 1.69 bits per heavy atom. The van der Waals surface area contributed by atoms with Crippen molar-refractivity contribution >= 4 is 67.3 Å². The van der Waals surface area contributed by atoms with Crippen molar-refractivity contribution in [3.8, 4) is 23.6 Å². The van der Waals surface area contributed by atoms with E-state index in [0.29, 0.717) is 19.4 Å². The van der Waals surface area contributed by atoms with E-state index >= 15 is 0 Å². The van der Waals surface area contributed by atoms with Gasteiger partial charge in [-0.25, -0.2) is 9.59 Å². The Labute approximate surface area is 231 Å². The van der Waals surface area contributed by atoms with Crippen LogP contribution in [0.2, 0.25) is 5.02 Å². The SMILES string of the molecule is COc1cc(OC)nc(Sc2cccc(Cl)c2C(=O)OCOC(=O)Oc2c(Br)cc(C#N)cc2Br)n1. The summed E-state index contributed by atoms with van der Waals surface area (Å²) in [6.45, 7) is -0.748. The third-order valence-electron chi connectivity index (χ3n) is 4.14. The summed E-state index contributed by atoms with van der Waals surface area (Å²) in [5, 5.41) is 9.33. The van der Waals surface area contributed by atoms with Crippen LogP contribution in [0.1, 0.15) is 15.9 Å². The molecular formula is C22H14Br2ClN3O7S. The summed E-state index contributed by atoms with van der Waals surface area (Å²) >= 11 is 13.7. The van der Waals surface area contributed by atoms with E-state index in [1.54, 1.807) is 12.1 Å². The van der Waals surface area contributed by atoms with Gasteiger partial charge >= 0.3 is 12.1 Å². The molecule has 14 heteroatoms. The number of nitriles is 1. The molecular weight excluding hydrogens is 646 g/mol. The van der Waals surface area contributed by atoms with Gasteiger partial charge in [-0.2, -0.15) is 15.2 Å². The molecule has 1 aromatic heterocycles. The first-order valence-electron chi connectivity index (χ1n) is 9.60. The minimum Gasteiger partial charge on any atom is -0.481 e. The third-order valence-corrected chi connectivity index (χ3v) is 6.56. The van der Waals surface area contributed by atoms with Crippen LogP contribution in [0.25, 0.3) is 0 Å². The maximum absolute atomic E-state index is 12.8. The van der Waals surface area contributed by atoms with Gasteiger partial charge in [0, 0.05) is 4.90 Å². The molecule has 10 nitrogen and oxygen atoms in total. The largest absolute Gasteiger partial charge is 0.516 e. The van der Waals surface area contributed by atoms with Gasteiger partial charge in [-0.1, -0.05) is 17.7 Å². The van der Waals surface area contributed by atoms with Crippen LogP contribution in [0.3, 0.4) is 0 Å². The van der Waals surface area contributed by atoms with Crippen molar-refractivity contribution in [2.24, 2.45) is 0 Å². The van der Waals surface area contributed by atoms with Crippen LogP contribution in [0.15, 0.2) is 55.4 Å². The Hall–Kier alpha value is -3.05. The number of hydrogen-bond donors (Lipinski definition) is 0. The molecule has 0 N–H and O–H groups in total. The van der Waals surface area contributed by atoms with Crippen LogP contribution in [0.5, 0.6) is 17.5 Å². The van der Waals surface area contributed by atoms with Gasteiger partial charge in [-0.3, -0.25) is 0 Å². The highest BCUT2D eigenvalue weighted by Gasteiger charge is 2.21. The maximum Gasteiger partial charge on any atom is 0.516 e. The molecule has 0 radical (unpaired) electrons. The van der Waals surface area contributed by atoms with E-state index in [2.05, 4.69) is 41.8 Å². The Balaban J connectivity index is 1.68. The number of halogens is 3. The normalized spacial score (nSPS) is 10.2. The van der Waals surface area contributed by atoms with Crippen molar-refractivity contribution in [2.75, 3.05) is 21.0 Å². The molecule has 0 aliphatic heterocycles. The van der Waals surface area contributed by atoms with Gasteiger partial charge in [-0.05, 0) is 67.9 Å². The van der Waals surface area contributed by atoms with Crippen molar-refractivity contribution < 1.29 is 33.3 Å². The second kappa shape index (κ2) is 12.8. The summed E-state index contributed by atoms with van der Waals surface area (Å²) in [5.74, 6) is -0.235. The molecule has 0 saturated carbocycles. The minimum atomic E-state index is -1.14. The van der Waals surface area contributed by atoms with Gasteiger partial charge in [0.1, 0.15) is 0 Å². The first-order chi connectivity index (χ1) is 17.2. The standard InChI is InChI=1S/C22H14Br2ClN3O7S/c1-31-16-8-17(32-2)28-21(27-16)36-15-5-3-4-14(25)18(15)20(29)33-10-34-22(30)35-19-12(23)6-11(9-26)7-13(19)24/h3-8H,10H2,1-2H3. The zero-order chi connectivity index (χ0) is 26.2. The highest BCUT2D eigenvalue weighted by atomic mass is 79.9. The monoisotopic (exact) mass is 657 g/mol. The summed E-state index contributed by atoms with van der Waals surface area (Å²) in [4.78, 5) is 33.6. The molecule has 3 rings (SSSR count). The van der Waals surface area contributed by atoms with Gasteiger partial charge in [0.05, 0.1) is 51.5 Å². The van der Waals surface area contributed by atoms with Crippen molar-refractivity contribution in [3.63, 3.8) is 0 Å². The number of rotatable bonds is 8. The molecule has 0 bridgehead atoms. The molecule has 36 heavy (non-hydrogen) atoms. The number of benzene rings is 2. The smallest absolute Gasteiger partial charge is 0.481 e. The van der Waals surface area contributed by atoms with Crippen molar-refractivity contribution in [1.29, 1.82) is 5.26 Å². The lowest BCUT2D eigenvalue weighted by molar-refractivity contribution is -0.0145. The van der Waals surface area contributed by atoms with Crippen LogP contribution >= 0.6 is 55.2 Å². The number of carbonyl (C=O) groups excluding carboxylic acids is 2. The van der Waals surface area contributed by atoms with E-state index in [1.807, 2.05) is 6.07 Å². The number of carbonyl (C=O) groups is 2. The molecule has 0 unspecified atom stereocenters. The van der Waals surface area contributed by atoms with Crippen LogP contribution < -0.4 is 14.2 Å². The molecule has 0 saturated heterocycles. The fourth-order valence-electron chi connectivity index (χ4n) is 2.56. The van der Waals surface area contributed by atoms with E-state index in [0.717, 1.165) is 11.8 Å². The zero-order valence-corrected chi connectivity index (χ0v) is 23.2. The lowest BCUT2D eigenvalue weighted by Gasteiger charge is -2.12. The number of hydrogen-bond acceptors (Lipinski definition) is 11. The first-order valence-corrected chi connectivity index (χ1v) is 12.4. The second-order valence-corrected chi connectivity index (χ2v) is 9.50. The molecule has 0 amide bonds. The maximum atomic E-state index is 12.8. The Morgan fingerprint density at radius 3 is 2.28 bits per heavy atom. The summed E-state index contributed by atoms with van der Waals surface area (Å²) in [6, 6.07) is 11.2. The topological polar surface area (TPSA) is 130 Å².